The Bertz CT molecular complexity index is 338. The first-order valence-corrected chi connectivity index (χ1v) is 4.31. The summed E-state index contributed by atoms with van der Waals surface area (Å²) >= 11 is 0. The van der Waals surface area contributed by atoms with Crippen molar-refractivity contribution in [2.24, 2.45) is 0 Å². The molecule has 1 rings (SSSR count). The maximum Gasteiger partial charge on any atom is 0.119 e. The zero-order valence-electron chi connectivity index (χ0n) is 11.0. The maximum atomic E-state index is 7.10. The zero-order valence-corrected chi connectivity index (χ0v) is 8.00. The van der Waals surface area contributed by atoms with Gasteiger partial charge in [0.1, 0.15) is 5.75 Å². The molecule has 0 aliphatic rings. The van der Waals surface area contributed by atoms with Crippen LogP contribution in [-0.4, -0.2) is 20.1 Å². The van der Waals surface area contributed by atoms with Crippen molar-refractivity contribution in [3.8, 4) is 5.75 Å². The van der Waals surface area contributed by atoms with Crippen molar-refractivity contribution in [1.82, 2.24) is 5.32 Å². The maximum absolute atomic E-state index is 7.10. The Kier molecular flexibility index (Phi) is 2.41. The van der Waals surface area contributed by atoms with Gasteiger partial charge in [-0.2, -0.15) is 0 Å². The molecule has 72 valence electrons. The lowest BCUT2D eigenvalue weighted by molar-refractivity contribution is 0.414. The van der Waals surface area contributed by atoms with E-state index in [0.717, 1.165) is 11.3 Å². The molecule has 1 unspecified atom stereocenters. The van der Waals surface area contributed by atoms with Gasteiger partial charge in [0, 0.05) is 10.2 Å². The van der Waals surface area contributed by atoms with Gasteiger partial charge in [-0.1, -0.05) is 12.1 Å². The van der Waals surface area contributed by atoms with E-state index in [4.69, 9.17) is 8.85 Å². The second-order valence-corrected chi connectivity index (χ2v) is 3.10. The Hall–Kier alpha value is -1.02. The predicted molar refractivity (Wildman–Crippen MR) is 55.2 cm³/mol. The Morgan fingerprint density at radius 2 is 2.46 bits per heavy atom. The van der Waals surface area contributed by atoms with Crippen LogP contribution in [-0.2, 0) is 6.42 Å². The normalized spacial score (nSPS) is 16.9. The van der Waals surface area contributed by atoms with Crippen molar-refractivity contribution in [3.05, 3.63) is 29.8 Å². The van der Waals surface area contributed by atoms with E-state index in [1.807, 2.05) is 31.2 Å². The minimum absolute atomic E-state index is 0.0976. The monoisotopic (exact) mass is 182 g/mol. The predicted octanol–water partition coefficient (Wildman–Crippen LogP) is 1.85. The molecule has 0 saturated carbocycles. The van der Waals surface area contributed by atoms with E-state index in [1.165, 1.54) is 0 Å². The number of hydrogen-bond acceptors (Lipinski definition) is 2. The molecule has 0 heterocycles. The van der Waals surface area contributed by atoms with Crippen molar-refractivity contribution in [1.29, 1.82) is 0 Å². The van der Waals surface area contributed by atoms with Crippen molar-refractivity contribution in [2.45, 2.75) is 19.4 Å². The third-order valence-corrected chi connectivity index (χ3v) is 1.92. The molecule has 0 bridgehead atoms. The Labute approximate surface area is 84.1 Å². The molecule has 0 amide bonds. The summed E-state index contributed by atoms with van der Waals surface area (Å²) < 4.78 is 26.4. The molecule has 0 saturated heterocycles. The Morgan fingerprint density at radius 1 is 1.62 bits per heavy atom. The topological polar surface area (TPSA) is 21.3 Å². The highest BCUT2D eigenvalue weighted by Crippen LogP contribution is 2.13. The number of methoxy groups -OCH3 is 1. The highest BCUT2D eigenvalue weighted by atomic mass is 16.5. The first-order chi connectivity index (χ1) is 7.40. The molecule has 13 heavy (non-hydrogen) atoms. The molecule has 0 aliphatic heterocycles. The van der Waals surface area contributed by atoms with Gasteiger partial charge < -0.3 is 10.1 Å². The average molecular weight is 182 g/mol. The van der Waals surface area contributed by atoms with Crippen LogP contribution >= 0.6 is 0 Å². The molecular weight excluding hydrogens is 162 g/mol. The van der Waals surface area contributed by atoms with Crippen molar-refractivity contribution >= 4 is 0 Å². The SMILES string of the molecule is [2H]C([2H])([2H])NC(C)Cc1cccc(OC)c1. The van der Waals surface area contributed by atoms with E-state index in [1.54, 1.807) is 7.11 Å². The first-order valence-electron chi connectivity index (χ1n) is 5.81. The number of likely N-dealkylation sites (N-methyl/N-ethyl adjacent to an activating group) is 1. The summed E-state index contributed by atoms with van der Waals surface area (Å²) in [5.74, 6) is 0.790. The second-order valence-electron chi connectivity index (χ2n) is 3.10. The van der Waals surface area contributed by atoms with Crippen molar-refractivity contribution < 1.29 is 8.85 Å². The highest BCUT2D eigenvalue weighted by molar-refractivity contribution is 5.28. The van der Waals surface area contributed by atoms with Gasteiger partial charge in [0.25, 0.3) is 0 Å². The lowest BCUT2D eigenvalue weighted by atomic mass is 10.1. The van der Waals surface area contributed by atoms with Crippen LogP contribution in [0.4, 0.5) is 0 Å². The van der Waals surface area contributed by atoms with Gasteiger partial charge in [-0.05, 0) is 38.0 Å². The first kappa shape index (κ1) is 6.44. The molecule has 0 aliphatic carbocycles. The Morgan fingerprint density at radius 3 is 3.15 bits per heavy atom. The molecule has 1 aromatic rings. The summed E-state index contributed by atoms with van der Waals surface area (Å²) in [7, 11) is 1.61. The van der Waals surface area contributed by atoms with E-state index >= 15 is 0 Å². The van der Waals surface area contributed by atoms with Crippen molar-refractivity contribution in [3.63, 3.8) is 0 Å². The number of ether oxygens (including phenoxy) is 1. The number of hydrogen-bond donors (Lipinski definition) is 1. The molecule has 1 N–H and O–H groups in total. The van der Waals surface area contributed by atoms with Crippen LogP contribution in [0, 0.1) is 0 Å². The fourth-order valence-electron chi connectivity index (χ4n) is 1.20. The quantitative estimate of drug-likeness (QED) is 0.767. The molecule has 0 aromatic heterocycles. The molecular formula is C11H17NO. The number of rotatable bonds is 4. The van der Waals surface area contributed by atoms with Crippen LogP contribution in [0.1, 0.15) is 16.6 Å². The van der Waals surface area contributed by atoms with Crippen LogP contribution in [0.3, 0.4) is 0 Å². The molecule has 0 fully saturated rings. The van der Waals surface area contributed by atoms with E-state index in [-0.39, 0.29) is 6.04 Å². The smallest absolute Gasteiger partial charge is 0.119 e. The van der Waals surface area contributed by atoms with Gasteiger partial charge >= 0.3 is 0 Å². The van der Waals surface area contributed by atoms with Gasteiger partial charge in [-0.15, -0.1) is 0 Å². The van der Waals surface area contributed by atoms with E-state index in [2.05, 4.69) is 5.32 Å². The van der Waals surface area contributed by atoms with E-state index in [9.17, 15) is 0 Å². The summed E-state index contributed by atoms with van der Waals surface area (Å²) in [6, 6.07) is 7.54. The highest BCUT2D eigenvalue weighted by Gasteiger charge is 2.00. The summed E-state index contributed by atoms with van der Waals surface area (Å²) in [5, 5.41) is 2.56. The third kappa shape index (κ3) is 3.07. The lowest BCUT2D eigenvalue weighted by Gasteiger charge is -2.10. The summed E-state index contributed by atoms with van der Waals surface area (Å²) in [4.78, 5) is 0. The molecule has 2 nitrogen and oxygen atoms in total. The number of nitrogens with one attached hydrogen (secondary N) is 1. The summed E-state index contributed by atoms with van der Waals surface area (Å²) in [5.41, 5.74) is 1.06. The fourth-order valence-corrected chi connectivity index (χ4v) is 1.20. The van der Waals surface area contributed by atoms with Gasteiger partial charge in [0.05, 0.1) is 7.11 Å². The van der Waals surface area contributed by atoms with Gasteiger partial charge in [-0.25, -0.2) is 0 Å². The van der Waals surface area contributed by atoms with Gasteiger partial charge in [-0.3, -0.25) is 0 Å². The summed E-state index contributed by atoms with van der Waals surface area (Å²) in [6.45, 7) is -0.232. The third-order valence-electron chi connectivity index (χ3n) is 1.92. The van der Waals surface area contributed by atoms with Crippen LogP contribution < -0.4 is 10.1 Å². The van der Waals surface area contributed by atoms with Gasteiger partial charge in [0.2, 0.25) is 0 Å². The largest absolute Gasteiger partial charge is 0.497 e. The second kappa shape index (κ2) is 4.87. The van der Waals surface area contributed by atoms with E-state index < -0.39 is 6.98 Å². The number of benzene rings is 1. The molecule has 1 atom stereocenters. The fraction of sp³-hybridized carbons (Fsp3) is 0.455. The van der Waals surface area contributed by atoms with Crippen LogP contribution in [0.5, 0.6) is 5.75 Å². The lowest BCUT2D eigenvalue weighted by Crippen LogP contribution is -2.23. The summed E-state index contributed by atoms with van der Waals surface area (Å²) in [6.07, 6.45) is 0.662. The molecule has 0 spiro atoms. The minimum atomic E-state index is -2.09. The van der Waals surface area contributed by atoms with Crippen LogP contribution in [0.15, 0.2) is 24.3 Å². The zero-order chi connectivity index (χ0) is 12.2. The standard InChI is InChI=1S/C11H17NO/c1-9(12-2)7-10-5-4-6-11(8-10)13-3/h4-6,8-9,12H,7H2,1-3H3/i2D3. The average Bonchev–Trinajstić information content (AvgIpc) is 2.15. The van der Waals surface area contributed by atoms with Gasteiger partial charge in [0.15, 0.2) is 0 Å². The minimum Gasteiger partial charge on any atom is -0.497 e. The molecule has 2 heteroatoms. The van der Waals surface area contributed by atoms with Crippen LogP contribution in [0.2, 0.25) is 0 Å². The van der Waals surface area contributed by atoms with Crippen LogP contribution in [0.25, 0.3) is 0 Å². The van der Waals surface area contributed by atoms with Crippen molar-refractivity contribution in [2.75, 3.05) is 14.1 Å². The molecule has 0 radical (unpaired) electrons. The molecule has 1 aromatic carbocycles. The Balaban J connectivity index is 2.59. The van der Waals surface area contributed by atoms with E-state index in [0.29, 0.717) is 6.42 Å².